The Morgan fingerprint density at radius 1 is 1.32 bits per heavy atom. The van der Waals surface area contributed by atoms with Crippen LogP contribution in [0.15, 0.2) is 24.3 Å². The van der Waals surface area contributed by atoms with Gasteiger partial charge in [-0.05, 0) is 12.1 Å². The molecule has 1 heterocycles. The van der Waals surface area contributed by atoms with Gasteiger partial charge < -0.3 is 14.8 Å². The van der Waals surface area contributed by atoms with E-state index in [4.69, 9.17) is 9.47 Å². The van der Waals surface area contributed by atoms with E-state index in [2.05, 4.69) is 10.2 Å². The number of nitro groups is 1. The van der Waals surface area contributed by atoms with Crippen molar-refractivity contribution in [2.75, 3.05) is 46.0 Å². The van der Waals surface area contributed by atoms with Gasteiger partial charge in [-0.25, -0.2) is 0 Å². The van der Waals surface area contributed by atoms with Crippen molar-refractivity contribution in [1.29, 1.82) is 0 Å². The molecule has 2 rings (SSSR count). The minimum absolute atomic E-state index is 0.0117. The third-order valence-corrected chi connectivity index (χ3v) is 3.27. The predicted molar refractivity (Wildman–Crippen MR) is 78.9 cm³/mol. The molecule has 1 aromatic carbocycles. The molecule has 0 aliphatic carbocycles. The smallest absolute Gasteiger partial charge is 0.269 e. The van der Waals surface area contributed by atoms with Crippen LogP contribution in [-0.4, -0.2) is 61.7 Å². The highest BCUT2D eigenvalue weighted by Crippen LogP contribution is 2.16. The second-order valence-corrected chi connectivity index (χ2v) is 4.84. The Hall–Kier alpha value is -2.19. The maximum atomic E-state index is 11.6. The highest BCUT2D eigenvalue weighted by molar-refractivity contribution is 5.77. The minimum Gasteiger partial charge on any atom is -0.484 e. The minimum atomic E-state index is -0.484. The van der Waals surface area contributed by atoms with E-state index in [1.165, 1.54) is 24.3 Å². The van der Waals surface area contributed by atoms with Crippen LogP contribution in [-0.2, 0) is 9.53 Å². The summed E-state index contributed by atoms with van der Waals surface area (Å²) in [4.78, 5) is 23.9. The van der Waals surface area contributed by atoms with Crippen LogP contribution >= 0.6 is 0 Å². The molecule has 8 heteroatoms. The van der Waals surface area contributed by atoms with E-state index < -0.39 is 4.92 Å². The number of nitro benzene ring substituents is 1. The Kier molecular flexibility index (Phi) is 6.11. The molecule has 8 nitrogen and oxygen atoms in total. The van der Waals surface area contributed by atoms with Gasteiger partial charge in [0.1, 0.15) is 5.75 Å². The van der Waals surface area contributed by atoms with E-state index in [0.29, 0.717) is 12.3 Å². The van der Waals surface area contributed by atoms with E-state index in [0.717, 1.165) is 32.8 Å². The lowest BCUT2D eigenvalue weighted by Gasteiger charge is -2.26. The Balaban J connectivity index is 1.63. The molecule has 0 bridgehead atoms. The van der Waals surface area contributed by atoms with Crippen molar-refractivity contribution in [3.8, 4) is 5.75 Å². The van der Waals surface area contributed by atoms with Gasteiger partial charge in [0.2, 0.25) is 0 Å². The van der Waals surface area contributed by atoms with Gasteiger partial charge in [-0.3, -0.25) is 19.8 Å². The van der Waals surface area contributed by atoms with Crippen molar-refractivity contribution >= 4 is 11.6 Å². The van der Waals surface area contributed by atoms with Gasteiger partial charge in [-0.1, -0.05) is 0 Å². The fourth-order valence-electron chi connectivity index (χ4n) is 2.04. The third-order valence-electron chi connectivity index (χ3n) is 3.27. The van der Waals surface area contributed by atoms with Gasteiger partial charge >= 0.3 is 0 Å². The predicted octanol–water partition coefficient (Wildman–Crippen LogP) is 0.422. The maximum absolute atomic E-state index is 11.6. The molecule has 0 atom stereocenters. The van der Waals surface area contributed by atoms with Crippen molar-refractivity contribution in [2.24, 2.45) is 0 Å². The second-order valence-electron chi connectivity index (χ2n) is 4.84. The zero-order chi connectivity index (χ0) is 15.8. The molecule has 0 saturated carbocycles. The molecule has 0 aromatic heterocycles. The van der Waals surface area contributed by atoms with Crippen LogP contribution in [0.25, 0.3) is 0 Å². The average molecular weight is 309 g/mol. The zero-order valence-corrected chi connectivity index (χ0v) is 12.2. The summed E-state index contributed by atoms with van der Waals surface area (Å²) >= 11 is 0. The summed E-state index contributed by atoms with van der Waals surface area (Å²) in [6.07, 6.45) is 0. The Morgan fingerprint density at radius 3 is 2.64 bits per heavy atom. The largest absolute Gasteiger partial charge is 0.484 e. The molecule has 0 unspecified atom stereocenters. The molecule has 120 valence electrons. The van der Waals surface area contributed by atoms with Gasteiger partial charge in [0.15, 0.2) is 6.61 Å². The quantitative estimate of drug-likeness (QED) is 0.579. The van der Waals surface area contributed by atoms with Gasteiger partial charge in [-0.15, -0.1) is 0 Å². The second kappa shape index (κ2) is 8.30. The number of hydrogen-bond donors (Lipinski definition) is 1. The Labute approximate surface area is 128 Å². The van der Waals surface area contributed by atoms with Crippen LogP contribution in [0.4, 0.5) is 5.69 Å². The first kappa shape index (κ1) is 16.2. The topological polar surface area (TPSA) is 93.9 Å². The summed E-state index contributed by atoms with van der Waals surface area (Å²) in [5.74, 6) is 0.209. The van der Waals surface area contributed by atoms with E-state index in [-0.39, 0.29) is 18.2 Å². The van der Waals surface area contributed by atoms with E-state index in [1.807, 2.05) is 0 Å². The zero-order valence-electron chi connectivity index (χ0n) is 12.2. The third kappa shape index (κ3) is 5.30. The van der Waals surface area contributed by atoms with Gasteiger partial charge in [0, 0.05) is 38.3 Å². The number of nitrogens with one attached hydrogen (secondary N) is 1. The monoisotopic (exact) mass is 309 g/mol. The molecular formula is C14H19N3O5. The van der Waals surface area contributed by atoms with Crippen LogP contribution in [0, 0.1) is 10.1 Å². The normalized spacial score (nSPS) is 15.3. The van der Waals surface area contributed by atoms with Crippen molar-refractivity contribution in [3.05, 3.63) is 34.4 Å². The van der Waals surface area contributed by atoms with Crippen molar-refractivity contribution in [1.82, 2.24) is 10.2 Å². The van der Waals surface area contributed by atoms with E-state index >= 15 is 0 Å². The number of rotatable bonds is 7. The number of benzene rings is 1. The molecule has 1 saturated heterocycles. The number of morpholine rings is 1. The Bertz CT molecular complexity index is 500. The Morgan fingerprint density at radius 2 is 2.00 bits per heavy atom. The maximum Gasteiger partial charge on any atom is 0.269 e. The first-order chi connectivity index (χ1) is 10.6. The van der Waals surface area contributed by atoms with Gasteiger partial charge in [0.05, 0.1) is 18.1 Å². The van der Waals surface area contributed by atoms with Crippen LogP contribution in [0.3, 0.4) is 0 Å². The molecule has 1 aliphatic rings. The summed E-state index contributed by atoms with van der Waals surface area (Å²) in [5.41, 5.74) is -0.0117. The molecule has 1 aliphatic heterocycles. The average Bonchev–Trinajstić information content (AvgIpc) is 2.54. The van der Waals surface area contributed by atoms with Crippen LogP contribution < -0.4 is 10.1 Å². The lowest BCUT2D eigenvalue weighted by atomic mass is 10.3. The number of non-ortho nitro benzene ring substituents is 1. The number of carbonyl (C=O) groups is 1. The van der Waals surface area contributed by atoms with Gasteiger partial charge in [0.25, 0.3) is 11.6 Å². The number of nitrogens with zero attached hydrogens (tertiary/aromatic N) is 2. The molecule has 1 fully saturated rings. The molecule has 22 heavy (non-hydrogen) atoms. The molecule has 0 spiro atoms. The number of ether oxygens (including phenoxy) is 2. The highest BCUT2D eigenvalue weighted by atomic mass is 16.6. The van der Waals surface area contributed by atoms with Crippen LogP contribution in [0.1, 0.15) is 0 Å². The number of carbonyl (C=O) groups excluding carboxylic acids is 1. The first-order valence-corrected chi connectivity index (χ1v) is 7.09. The summed E-state index contributed by atoms with van der Waals surface area (Å²) in [6, 6.07) is 5.62. The fourth-order valence-corrected chi connectivity index (χ4v) is 2.04. The summed E-state index contributed by atoms with van der Waals surface area (Å²) in [7, 11) is 0. The number of hydrogen-bond acceptors (Lipinski definition) is 6. The lowest BCUT2D eigenvalue weighted by Crippen LogP contribution is -2.42. The summed E-state index contributed by atoms with van der Waals surface area (Å²) in [5, 5.41) is 13.3. The molecule has 1 N–H and O–H groups in total. The summed E-state index contributed by atoms with van der Waals surface area (Å²) < 4.78 is 10.5. The van der Waals surface area contributed by atoms with E-state index in [1.54, 1.807) is 0 Å². The molecular weight excluding hydrogens is 290 g/mol. The van der Waals surface area contributed by atoms with Crippen molar-refractivity contribution in [3.63, 3.8) is 0 Å². The molecule has 1 aromatic rings. The van der Waals surface area contributed by atoms with Gasteiger partial charge in [-0.2, -0.15) is 0 Å². The van der Waals surface area contributed by atoms with Crippen molar-refractivity contribution < 1.29 is 19.2 Å². The molecule has 1 amide bonds. The van der Waals surface area contributed by atoms with Crippen LogP contribution in [0.5, 0.6) is 5.75 Å². The number of amides is 1. The van der Waals surface area contributed by atoms with Crippen LogP contribution in [0.2, 0.25) is 0 Å². The van der Waals surface area contributed by atoms with Crippen molar-refractivity contribution in [2.45, 2.75) is 0 Å². The fraction of sp³-hybridized carbons (Fsp3) is 0.500. The first-order valence-electron chi connectivity index (χ1n) is 7.09. The lowest BCUT2D eigenvalue weighted by molar-refractivity contribution is -0.384. The van der Waals surface area contributed by atoms with E-state index in [9.17, 15) is 14.9 Å². The summed E-state index contributed by atoms with van der Waals surface area (Å²) in [6.45, 7) is 4.47. The standard InChI is InChI=1S/C14H19N3O5/c18-14(15-5-6-16-7-9-21-10-8-16)11-22-13-3-1-12(2-4-13)17(19)20/h1-4H,5-11H2,(H,15,18). The molecule has 0 radical (unpaired) electrons. The SMILES string of the molecule is O=C(COc1ccc([N+](=O)[O-])cc1)NCCN1CCOCC1. The highest BCUT2D eigenvalue weighted by Gasteiger charge is 2.10.